The van der Waals surface area contributed by atoms with Gasteiger partial charge in [0.05, 0.1) is 28.7 Å². The summed E-state index contributed by atoms with van der Waals surface area (Å²) in [6, 6.07) is 15.4. The SMILES string of the molecule is O=S1CCC(O)c2cc(Nc3ncc(-c4cn[nH]n4)c(NCc4ccccc4)n3)ccc21. The molecule has 0 bridgehead atoms. The third-order valence-corrected chi connectivity index (χ3v) is 6.70. The third-order valence-electron chi connectivity index (χ3n) is 5.23. The molecular weight excluding hydrogens is 426 g/mol. The van der Waals surface area contributed by atoms with Gasteiger partial charge in [0.2, 0.25) is 5.95 Å². The number of H-pyrrole nitrogens is 1. The molecule has 9 nitrogen and oxygen atoms in total. The average molecular weight is 448 g/mol. The molecule has 5 rings (SSSR count). The van der Waals surface area contributed by atoms with Gasteiger partial charge in [-0.2, -0.15) is 20.4 Å². The van der Waals surface area contributed by atoms with Crippen LogP contribution in [0.1, 0.15) is 23.7 Å². The molecule has 4 aromatic rings. The summed E-state index contributed by atoms with van der Waals surface area (Å²) in [6.45, 7) is 0.582. The molecule has 2 unspecified atom stereocenters. The van der Waals surface area contributed by atoms with E-state index in [0.29, 0.717) is 52.3 Å². The fourth-order valence-electron chi connectivity index (χ4n) is 3.58. The highest BCUT2D eigenvalue weighted by molar-refractivity contribution is 7.85. The zero-order valence-electron chi connectivity index (χ0n) is 17.0. The number of hydrogen-bond donors (Lipinski definition) is 4. The second-order valence-corrected chi connectivity index (χ2v) is 8.92. The number of benzene rings is 2. The summed E-state index contributed by atoms with van der Waals surface area (Å²) in [4.78, 5) is 9.76. The van der Waals surface area contributed by atoms with E-state index >= 15 is 0 Å². The van der Waals surface area contributed by atoms with E-state index < -0.39 is 16.9 Å². The number of anilines is 3. The average Bonchev–Trinajstić information content (AvgIpc) is 3.36. The molecule has 0 aliphatic carbocycles. The summed E-state index contributed by atoms with van der Waals surface area (Å²) in [7, 11) is -1.08. The van der Waals surface area contributed by atoms with Gasteiger partial charge in [0.25, 0.3) is 0 Å². The number of aliphatic hydroxyl groups is 1. The quantitative estimate of drug-likeness (QED) is 0.355. The van der Waals surface area contributed by atoms with Gasteiger partial charge < -0.3 is 15.7 Å². The Balaban J connectivity index is 1.43. The van der Waals surface area contributed by atoms with E-state index in [0.717, 1.165) is 11.1 Å². The first-order chi connectivity index (χ1) is 15.7. The van der Waals surface area contributed by atoms with Crippen molar-refractivity contribution >= 4 is 28.3 Å². The summed E-state index contributed by atoms with van der Waals surface area (Å²) < 4.78 is 12.2. The van der Waals surface area contributed by atoms with E-state index in [4.69, 9.17) is 0 Å². The first kappa shape index (κ1) is 20.3. The van der Waals surface area contributed by atoms with Gasteiger partial charge in [0.1, 0.15) is 11.5 Å². The molecule has 0 spiro atoms. The number of hydrogen-bond acceptors (Lipinski definition) is 8. The Labute approximate surface area is 186 Å². The Morgan fingerprint density at radius 2 is 2.03 bits per heavy atom. The van der Waals surface area contributed by atoms with Crippen molar-refractivity contribution in [2.24, 2.45) is 0 Å². The van der Waals surface area contributed by atoms with E-state index in [2.05, 4.69) is 36.0 Å². The fraction of sp³-hybridized carbons (Fsp3) is 0.182. The van der Waals surface area contributed by atoms with Gasteiger partial charge >= 0.3 is 0 Å². The first-order valence-electron chi connectivity index (χ1n) is 10.2. The maximum atomic E-state index is 12.2. The normalized spacial score (nSPS) is 17.5. The summed E-state index contributed by atoms with van der Waals surface area (Å²) in [6.07, 6.45) is 3.16. The fourth-order valence-corrected chi connectivity index (χ4v) is 4.92. The van der Waals surface area contributed by atoms with Crippen molar-refractivity contribution in [1.82, 2.24) is 25.4 Å². The first-order valence-corrected chi connectivity index (χ1v) is 11.5. The Morgan fingerprint density at radius 3 is 2.84 bits per heavy atom. The minimum Gasteiger partial charge on any atom is -0.388 e. The molecule has 4 N–H and O–H groups in total. The van der Waals surface area contributed by atoms with Crippen molar-refractivity contribution in [3.05, 3.63) is 72.1 Å². The van der Waals surface area contributed by atoms with Gasteiger partial charge in [-0.3, -0.25) is 4.21 Å². The van der Waals surface area contributed by atoms with Crippen LogP contribution in [-0.2, 0) is 17.3 Å². The Bertz CT molecular complexity index is 1250. The lowest BCUT2D eigenvalue weighted by Crippen LogP contribution is -2.15. The van der Waals surface area contributed by atoms with Gasteiger partial charge in [-0.1, -0.05) is 30.3 Å². The molecule has 0 saturated heterocycles. The monoisotopic (exact) mass is 447 g/mol. The molecule has 2 aromatic heterocycles. The number of nitrogens with zero attached hydrogens (tertiary/aromatic N) is 4. The van der Waals surface area contributed by atoms with Crippen molar-refractivity contribution in [2.45, 2.75) is 24.0 Å². The molecule has 1 aliphatic heterocycles. The number of aromatic amines is 1. The van der Waals surface area contributed by atoms with E-state index in [-0.39, 0.29) is 0 Å². The number of nitrogens with one attached hydrogen (secondary N) is 3. The minimum absolute atomic E-state index is 0.388. The van der Waals surface area contributed by atoms with Crippen LogP contribution in [0.2, 0.25) is 0 Å². The maximum absolute atomic E-state index is 12.2. The highest BCUT2D eigenvalue weighted by Gasteiger charge is 2.23. The molecule has 32 heavy (non-hydrogen) atoms. The van der Waals surface area contributed by atoms with Crippen LogP contribution in [0, 0.1) is 0 Å². The summed E-state index contributed by atoms with van der Waals surface area (Å²) in [5.74, 6) is 1.47. The summed E-state index contributed by atoms with van der Waals surface area (Å²) in [5, 5.41) is 27.5. The van der Waals surface area contributed by atoms with E-state index in [1.54, 1.807) is 18.5 Å². The van der Waals surface area contributed by atoms with Crippen molar-refractivity contribution in [1.29, 1.82) is 0 Å². The molecule has 1 aliphatic rings. The molecule has 162 valence electrons. The van der Waals surface area contributed by atoms with Crippen LogP contribution in [0.3, 0.4) is 0 Å². The van der Waals surface area contributed by atoms with Crippen molar-refractivity contribution < 1.29 is 9.32 Å². The van der Waals surface area contributed by atoms with Crippen LogP contribution in [0.5, 0.6) is 0 Å². The molecular formula is C22H21N7O2S. The van der Waals surface area contributed by atoms with Crippen molar-refractivity contribution in [2.75, 3.05) is 16.4 Å². The molecule has 3 heterocycles. The van der Waals surface area contributed by atoms with Gasteiger partial charge in [0, 0.05) is 29.1 Å². The molecule has 10 heteroatoms. The molecule has 2 aromatic carbocycles. The predicted molar refractivity (Wildman–Crippen MR) is 122 cm³/mol. The van der Waals surface area contributed by atoms with Gasteiger partial charge in [0.15, 0.2) is 0 Å². The molecule has 2 atom stereocenters. The second kappa shape index (κ2) is 8.85. The minimum atomic E-state index is -1.08. The highest BCUT2D eigenvalue weighted by atomic mass is 32.2. The Hall–Kier alpha value is -3.63. The van der Waals surface area contributed by atoms with Crippen LogP contribution >= 0.6 is 0 Å². The molecule has 0 radical (unpaired) electrons. The number of fused-ring (bicyclic) bond motifs is 1. The van der Waals surface area contributed by atoms with Gasteiger partial charge in [-0.25, -0.2) is 4.98 Å². The second-order valence-electron chi connectivity index (χ2n) is 7.38. The molecule has 0 fully saturated rings. The zero-order chi connectivity index (χ0) is 21.9. The van der Waals surface area contributed by atoms with E-state index in [1.807, 2.05) is 42.5 Å². The smallest absolute Gasteiger partial charge is 0.229 e. The predicted octanol–water partition coefficient (Wildman–Crippen LogP) is 3.16. The van der Waals surface area contributed by atoms with Crippen LogP contribution in [0.4, 0.5) is 17.5 Å². The topological polar surface area (TPSA) is 129 Å². The Morgan fingerprint density at radius 1 is 1.16 bits per heavy atom. The number of aliphatic hydroxyl groups excluding tert-OH is 1. The van der Waals surface area contributed by atoms with Gasteiger partial charge in [-0.05, 0) is 35.7 Å². The third kappa shape index (κ3) is 4.23. The lowest BCUT2D eigenvalue weighted by molar-refractivity contribution is 0.169. The van der Waals surface area contributed by atoms with E-state index in [9.17, 15) is 9.32 Å². The van der Waals surface area contributed by atoms with Crippen molar-refractivity contribution in [3.8, 4) is 11.3 Å². The van der Waals surface area contributed by atoms with Gasteiger partial charge in [-0.15, -0.1) is 0 Å². The lowest BCUT2D eigenvalue weighted by atomic mass is 10.1. The number of aromatic nitrogens is 5. The molecule has 0 amide bonds. The summed E-state index contributed by atoms with van der Waals surface area (Å²) in [5.41, 5.74) is 3.86. The summed E-state index contributed by atoms with van der Waals surface area (Å²) >= 11 is 0. The van der Waals surface area contributed by atoms with E-state index in [1.165, 1.54) is 0 Å². The van der Waals surface area contributed by atoms with Crippen molar-refractivity contribution in [3.63, 3.8) is 0 Å². The van der Waals surface area contributed by atoms with Crippen LogP contribution < -0.4 is 10.6 Å². The lowest BCUT2D eigenvalue weighted by Gasteiger charge is -2.21. The van der Waals surface area contributed by atoms with Crippen LogP contribution in [0.15, 0.2) is 65.8 Å². The number of rotatable bonds is 6. The largest absolute Gasteiger partial charge is 0.388 e. The highest BCUT2D eigenvalue weighted by Crippen LogP contribution is 2.33. The Kier molecular flexibility index (Phi) is 5.61. The van der Waals surface area contributed by atoms with Crippen LogP contribution in [-0.4, -0.2) is 40.4 Å². The maximum Gasteiger partial charge on any atom is 0.229 e. The molecule has 0 saturated carbocycles. The van der Waals surface area contributed by atoms with Crippen LogP contribution in [0.25, 0.3) is 11.3 Å². The zero-order valence-corrected chi connectivity index (χ0v) is 17.8. The standard InChI is InChI=1S/C22H21N7O2S/c30-19-8-9-32(31)20-7-6-15(10-16(19)20)26-22-24-12-17(18-13-25-29-28-18)21(27-22)23-11-14-4-2-1-3-5-14/h1-7,10,12-13,19,30H,8-9,11H2,(H,25,28,29)(H2,23,24,26,27).